The number of aromatic nitrogens is 2. The van der Waals surface area contributed by atoms with Gasteiger partial charge in [0, 0.05) is 24.5 Å². The molecule has 2 aromatic rings. The predicted octanol–water partition coefficient (Wildman–Crippen LogP) is 4.13. The molecule has 1 aliphatic carbocycles. The molecule has 0 atom stereocenters. The molecular weight excluding hydrogens is 306 g/mol. The number of hydrogen-bond donors (Lipinski definition) is 1. The van der Waals surface area contributed by atoms with Crippen molar-refractivity contribution in [3.63, 3.8) is 0 Å². The van der Waals surface area contributed by atoms with E-state index in [0.29, 0.717) is 11.4 Å². The van der Waals surface area contributed by atoms with Crippen molar-refractivity contribution < 1.29 is 4.79 Å². The van der Waals surface area contributed by atoms with Gasteiger partial charge in [-0.05, 0) is 51.2 Å². The zero-order chi connectivity index (χ0) is 16.1. The first kappa shape index (κ1) is 15.9. The largest absolute Gasteiger partial charge is 0.351 e. The van der Waals surface area contributed by atoms with Crippen molar-refractivity contribution in [2.45, 2.75) is 39.0 Å². The van der Waals surface area contributed by atoms with E-state index in [1.807, 2.05) is 19.1 Å². The van der Waals surface area contributed by atoms with Gasteiger partial charge < -0.3 is 5.32 Å². The normalized spacial score (nSPS) is 14.4. The van der Waals surface area contributed by atoms with Crippen LogP contribution in [0.3, 0.4) is 0 Å². The highest BCUT2D eigenvalue weighted by Gasteiger charge is 2.16. The minimum Gasteiger partial charge on any atom is -0.351 e. The fourth-order valence-corrected chi connectivity index (χ4v) is 3.74. The lowest BCUT2D eigenvalue weighted by Crippen LogP contribution is -2.24. The molecule has 0 radical (unpaired) electrons. The summed E-state index contributed by atoms with van der Waals surface area (Å²) >= 11 is 1.43. The van der Waals surface area contributed by atoms with Gasteiger partial charge in [-0.1, -0.05) is 11.6 Å². The summed E-state index contributed by atoms with van der Waals surface area (Å²) in [6.07, 6.45) is 11.7. The number of hydrogen-bond acceptors (Lipinski definition) is 4. The number of aryl methyl sites for hydroxylation is 1. The van der Waals surface area contributed by atoms with Crippen molar-refractivity contribution >= 4 is 17.2 Å². The van der Waals surface area contributed by atoms with E-state index >= 15 is 0 Å². The topological polar surface area (TPSA) is 54.9 Å². The first-order chi connectivity index (χ1) is 11.2. The number of pyridine rings is 1. The summed E-state index contributed by atoms with van der Waals surface area (Å²) in [7, 11) is 0. The third kappa shape index (κ3) is 4.05. The summed E-state index contributed by atoms with van der Waals surface area (Å²) < 4.78 is 0. The Hall–Kier alpha value is -2.01. The second-order valence-corrected chi connectivity index (χ2v) is 6.79. The van der Waals surface area contributed by atoms with Gasteiger partial charge in [0.05, 0.1) is 5.69 Å². The molecule has 2 aromatic heterocycles. The van der Waals surface area contributed by atoms with Crippen molar-refractivity contribution in [1.29, 1.82) is 0 Å². The molecule has 0 bridgehead atoms. The number of carbonyl (C=O) groups excluding carboxylic acids is 1. The number of nitrogens with zero attached hydrogens (tertiary/aromatic N) is 2. The van der Waals surface area contributed by atoms with Crippen LogP contribution in [-0.2, 0) is 0 Å². The lowest BCUT2D eigenvalue weighted by atomic mass is 9.97. The molecule has 3 rings (SSSR count). The summed E-state index contributed by atoms with van der Waals surface area (Å²) in [5.41, 5.74) is 3.21. The number of carbonyl (C=O) groups is 1. The van der Waals surface area contributed by atoms with E-state index in [2.05, 4.69) is 21.4 Å². The summed E-state index contributed by atoms with van der Waals surface area (Å²) in [6, 6.07) is 3.84. The highest BCUT2D eigenvalue weighted by Crippen LogP contribution is 2.27. The molecule has 0 fully saturated rings. The molecule has 4 nitrogen and oxygen atoms in total. The second-order valence-electron chi connectivity index (χ2n) is 5.79. The SMILES string of the molecule is Cc1nc(-c2cccnc2)sc1C(=O)NCCC1=CCCCC1. The van der Waals surface area contributed by atoms with Gasteiger partial charge in [0.2, 0.25) is 0 Å². The predicted molar refractivity (Wildman–Crippen MR) is 93.6 cm³/mol. The number of nitrogens with one attached hydrogen (secondary N) is 1. The molecule has 0 spiro atoms. The Kier molecular flexibility index (Phi) is 5.18. The molecule has 120 valence electrons. The molecule has 1 amide bonds. The Morgan fingerprint density at radius 2 is 2.30 bits per heavy atom. The first-order valence-electron chi connectivity index (χ1n) is 8.08. The molecule has 5 heteroatoms. The van der Waals surface area contributed by atoms with E-state index in [1.165, 1.54) is 42.6 Å². The van der Waals surface area contributed by atoms with Crippen LogP contribution < -0.4 is 5.32 Å². The van der Waals surface area contributed by atoms with Gasteiger partial charge in [-0.25, -0.2) is 4.98 Å². The van der Waals surface area contributed by atoms with Crippen LogP contribution in [0.25, 0.3) is 10.6 Å². The zero-order valence-electron chi connectivity index (χ0n) is 13.3. The standard InChI is InChI=1S/C18H21N3OS/c1-13-16(23-18(21-13)15-8-5-10-19-12-15)17(22)20-11-9-14-6-3-2-4-7-14/h5-6,8,10,12H,2-4,7,9,11H2,1H3,(H,20,22). The van der Waals surface area contributed by atoms with Crippen molar-refractivity contribution in [3.05, 3.63) is 46.7 Å². The van der Waals surface area contributed by atoms with Crippen molar-refractivity contribution in [2.75, 3.05) is 6.54 Å². The number of allylic oxidation sites excluding steroid dienone is 1. The van der Waals surface area contributed by atoms with Gasteiger partial charge in [-0.15, -0.1) is 11.3 Å². The van der Waals surface area contributed by atoms with Crippen molar-refractivity contribution in [1.82, 2.24) is 15.3 Å². The van der Waals surface area contributed by atoms with E-state index in [4.69, 9.17) is 0 Å². The van der Waals surface area contributed by atoms with Crippen LogP contribution in [0.2, 0.25) is 0 Å². The fraction of sp³-hybridized carbons (Fsp3) is 0.389. The molecule has 1 aliphatic rings. The Bertz CT molecular complexity index is 706. The van der Waals surface area contributed by atoms with Gasteiger partial charge >= 0.3 is 0 Å². The smallest absolute Gasteiger partial charge is 0.263 e. The van der Waals surface area contributed by atoms with E-state index in [9.17, 15) is 4.79 Å². The molecule has 0 saturated heterocycles. The number of amides is 1. The molecule has 0 unspecified atom stereocenters. The van der Waals surface area contributed by atoms with E-state index < -0.39 is 0 Å². The van der Waals surface area contributed by atoms with Gasteiger partial charge in [-0.3, -0.25) is 9.78 Å². The highest BCUT2D eigenvalue weighted by molar-refractivity contribution is 7.17. The molecular formula is C18H21N3OS. The lowest BCUT2D eigenvalue weighted by Gasteiger charge is -2.12. The van der Waals surface area contributed by atoms with Crippen LogP contribution in [0.15, 0.2) is 36.2 Å². The van der Waals surface area contributed by atoms with Gasteiger partial charge in [0.15, 0.2) is 0 Å². The van der Waals surface area contributed by atoms with Crippen LogP contribution in [0.1, 0.15) is 47.5 Å². The quantitative estimate of drug-likeness (QED) is 0.840. The summed E-state index contributed by atoms with van der Waals surface area (Å²) in [4.78, 5) is 21.7. The maximum Gasteiger partial charge on any atom is 0.263 e. The first-order valence-corrected chi connectivity index (χ1v) is 8.89. The fourth-order valence-electron chi connectivity index (χ4n) is 2.77. The molecule has 0 aromatic carbocycles. The van der Waals surface area contributed by atoms with E-state index in [0.717, 1.165) is 22.7 Å². The van der Waals surface area contributed by atoms with Crippen LogP contribution in [0, 0.1) is 6.92 Å². The van der Waals surface area contributed by atoms with Crippen molar-refractivity contribution in [2.24, 2.45) is 0 Å². The number of rotatable bonds is 5. The molecule has 2 heterocycles. The van der Waals surface area contributed by atoms with Crippen LogP contribution in [0.5, 0.6) is 0 Å². The van der Waals surface area contributed by atoms with Gasteiger partial charge in [0.1, 0.15) is 9.88 Å². The third-order valence-electron chi connectivity index (χ3n) is 4.03. The highest BCUT2D eigenvalue weighted by atomic mass is 32.1. The third-order valence-corrected chi connectivity index (χ3v) is 5.23. The van der Waals surface area contributed by atoms with Crippen LogP contribution in [-0.4, -0.2) is 22.4 Å². The Labute approximate surface area is 140 Å². The lowest BCUT2D eigenvalue weighted by molar-refractivity contribution is 0.0957. The second kappa shape index (κ2) is 7.51. The Morgan fingerprint density at radius 1 is 1.39 bits per heavy atom. The maximum atomic E-state index is 12.4. The van der Waals surface area contributed by atoms with Crippen molar-refractivity contribution in [3.8, 4) is 10.6 Å². The number of thiazole rings is 1. The molecule has 1 N–H and O–H groups in total. The average molecular weight is 327 g/mol. The summed E-state index contributed by atoms with van der Waals surface area (Å²) in [5, 5.41) is 3.87. The Morgan fingerprint density at radius 3 is 3.04 bits per heavy atom. The molecule has 0 aliphatic heterocycles. The monoisotopic (exact) mass is 327 g/mol. The summed E-state index contributed by atoms with van der Waals surface area (Å²) in [6.45, 7) is 2.58. The van der Waals surface area contributed by atoms with Crippen LogP contribution in [0.4, 0.5) is 0 Å². The molecule has 0 saturated carbocycles. The zero-order valence-corrected chi connectivity index (χ0v) is 14.2. The van der Waals surface area contributed by atoms with Gasteiger partial charge in [-0.2, -0.15) is 0 Å². The minimum atomic E-state index is -0.0217. The van der Waals surface area contributed by atoms with E-state index in [-0.39, 0.29) is 5.91 Å². The maximum absolute atomic E-state index is 12.4. The average Bonchev–Trinajstić information content (AvgIpc) is 2.98. The summed E-state index contributed by atoms with van der Waals surface area (Å²) in [5.74, 6) is -0.0217. The van der Waals surface area contributed by atoms with Gasteiger partial charge in [0.25, 0.3) is 5.91 Å². The molecule has 23 heavy (non-hydrogen) atoms. The van der Waals surface area contributed by atoms with E-state index in [1.54, 1.807) is 12.4 Å². The Balaban J connectivity index is 1.61. The van der Waals surface area contributed by atoms with Crippen LogP contribution >= 0.6 is 11.3 Å². The minimum absolute atomic E-state index is 0.0217.